The van der Waals surface area contributed by atoms with E-state index in [4.69, 9.17) is 5.11 Å². The Morgan fingerprint density at radius 2 is 1.55 bits per heavy atom. The second-order valence-electron chi connectivity index (χ2n) is 5.98. The van der Waals surface area contributed by atoms with E-state index in [1.54, 1.807) is 0 Å². The molecule has 0 spiro atoms. The SMILES string of the molecule is CCCCCCCCCCCCN1C=CC=C(CO)C1. The highest BCUT2D eigenvalue weighted by Crippen LogP contribution is 2.12. The molecule has 0 bridgehead atoms. The van der Waals surface area contributed by atoms with Crippen molar-refractivity contribution in [1.29, 1.82) is 0 Å². The normalized spacial score (nSPS) is 14.7. The lowest BCUT2D eigenvalue weighted by Gasteiger charge is -2.23. The highest BCUT2D eigenvalue weighted by atomic mass is 16.3. The molecule has 1 heterocycles. The molecule has 1 aliphatic rings. The van der Waals surface area contributed by atoms with Gasteiger partial charge in [0.15, 0.2) is 0 Å². The third-order valence-corrected chi connectivity index (χ3v) is 4.04. The van der Waals surface area contributed by atoms with Gasteiger partial charge in [0.25, 0.3) is 0 Å². The summed E-state index contributed by atoms with van der Waals surface area (Å²) in [6.45, 7) is 4.50. The molecule has 0 saturated heterocycles. The number of aliphatic hydroxyl groups is 1. The van der Waals surface area contributed by atoms with Crippen LogP contribution in [0.4, 0.5) is 0 Å². The summed E-state index contributed by atoms with van der Waals surface area (Å²) in [5.74, 6) is 0. The third-order valence-electron chi connectivity index (χ3n) is 4.04. The largest absolute Gasteiger partial charge is 0.392 e. The van der Waals surface area contributed by atoms with Crippen LogP contribution >= 0.6 is 0 Å². The summed E-state index contributed by atoms with van der Waals surface area (Å²) in [6.07, 6.45) is 20.1. The molecule has 2 heteroatoms. The van der Waals surface area contributed by atoms with Crippen LogP contribution in [0.15, 0.2) is 23.9 Å². The van der Waals surface area contributed by atoms with Crippen LogP contribution in [0.5, 0.6) is 0 Å². The van der Waals surface area contributed by atoms with Crippen molar-refractivity contribution in [3.63, 3.8) is 0 Å². The molecule has 0 amide bonds. The zero-order chi connectivity index (χ0) is 14.5. The number of hydrogen-bond donors (Lipinski definition) is 1. The number of allylic oxidation sites excluding steroid dienone is 2. The average Bonchev–Trinajstić information content (AvgIpc) is 2.49. The van der Waals surface area contributed by atoms with Crippen molar-refractivity contribution in [2.75, 3.05) is 19.7 Å². The molecule has 1 rings (SSSR count). The van der Waals surface area contributed by atoms with Gasteiger partial charge in [0.2, 0.25) is 0 Å². The summed E-state index contributed by atoms with van der Waals surface area (Å²) in [5, 5.41) is 9.13. The number of unbranched alkanes of at least 4 members (excludes halogenated alkanes) is 9. The molecule has 0 radical (unpaired) electrons. The summed E-state index contributed by atoms with van der Waals surface area (Å²) in [4.78, 5) is 2.32. The monoisotopic (exact) mass is 279 g/mol. The molecule has 0 aliphatic carbocycles. The molecule has 0 aromatic rings. The first kappa shape index (κ1) is 17.3. The van der Waals surface area contributed by atoms with E-state index in [2.05, 4.69) is 18.0 Å². The molecule has 0 aromatic heterocycles. The van der Waals surface area contributed by atoms with Crippen LogP contribution in [0.3, 0.4) is 0 Å². The van der Waals surface area contributed by atoms with E-state index in [9.17, 15) is 0 Å². The fourth-order valence-corrected chi connectivity index (χ4v) is 2.73. The fraction of sp³-hybridized carbons (Fsp3) is 0.778. The molecule has 20 heavy (non-hydrogen) atoms. The van der Waals surface area contributed by atoms with E-state index in [-0.39, 0.29) is 6.61 Å². The van der Waals surface area contributed by atoms with Crippen LogP contribution in [0.25, 0.3) is 0 Å². The van der Waals surface area contributed by atoms with E-state index < -0.39 is 0 Å². The van der Waals surface area contributed by atoms with E-state index in [0.717, 1.165) is 18.7 Å². The maximum atomic E-state index is 9.13. The topological polar surface area (TPSA) is 23.5 Å². The van der Waals surface area contributed by atoms with Crippen molar-refractivity contribution in [3.05, 3.63) is 23.9 Å². The van der Waals surface area contributed by atoms with Crippen molar-refractivity contribution < 1.29 is 5.11 Å². The molecule has 1 aliphatic heterocycles. The zero-order valence-corrected chi connectivity index (χ0v) is 13.3. The number of rotatable bonds is 12. The van der Waals surface area contributed by atoms with E-state index in [0.29, 0.717) is 0 Å². The molecule has 0 aromatic carbocycles. The molecule has 0 atom stereocenters. The average molecular weight is 279 g/mol. The lowest BCUT2D eigenvalue weighted by Crippen LogP contribution is -2.24. The maximum Gasteiger partial charge on any atom is 0.0661 e. The summed E-state index contributed by atoms with van der Waals surface area (Å²) >= 11 is 0. The van der Waals surface area contributed by atoms with Crippen molar-refractivity contribution >= 4 is 0 Å². The molecule has 1 N–H and O–H groups in total. The predicted molar refractivity (Wildman–Crippen MR) is 87.7 cm³/mol. The molecule has 0 saturated carbocycles. The number of nitrogens with zero attached hydrogens (tertiary/aromatic N) is 1. The Morgan fingerprint density at radius 3 is 2.15 bits per heavy atom. The zero-order valence-electron chi connectivity index (χ0n) is 13.3. The fourth-order valence-electron chi connectivity index (χ4n) is 2.73. The Kier molecular flexibility index (Phi) is 10.4. The first-order valence-electron chi connectivity index (χ1n) is 8.58. The molecular weight excluding hydrogens is 246 g/mol. The van der Waals surface area contributed by atoms with Crippen molar-refractivity contribution in [2.24, 2.45) is 0 Å². The summed E-state index contributed by atoms with van der Waals surface area (Å²) in [6, 6.07) is 0. The summed E-state index contributed by atoms with van der Waals surface area (Å²) < 4.78 is 0. The van der Waals surface area contributed by atoms with Crippen molar-refractivity contribution in [1.82, 2.24) is 4.90 Å². The predicted octanol–water partition coefficient (Wildman–Crippen LogP) is 4.66. The summed E-state index contributed by atoms with van der Waals surface area (Å²) in [5.41, 5.74) is 1.12. The van der Waals surface area contributed by atoms with Crippen LogP contribution < -0.4 is 0 Å². The number of aliphatic hydroxyl groups excluding tert-OH is 1. The van der Waals surface area contributed by atoms with Gasteiger partial charge in [0.1, 0.15) is 0 Å². The minimum Gasteiger partial charge on any atom is -0.392 e. The lowest BCUT2D eigenvalue weighted by molar-refractivity contribution is 0.304. The first-order valence-corrected chi connectivity index (χ1v) is 8.58. The standard InChI is InChI=1S/C18H33NO/c1-2-3-4-5-6-7-8-9-10-11-14-19-15-12-13-18(16-19)17-20/h12-13,15,20H,2-11,14,16-17H2,1H3. The van der Waals surface area contributed by atoms with Crippen LogP contribution in [-0.4, -0.2) is 29.7 Å². The second-order valence-corrected chi connectivity index (χ2v) is 5.98. The lowest BCUT2D eigenvalue weighted by atomic mass is 10.1. The van der Waals surface area contributed by atoms with Crippen LogP contribution in [0.2, 0.25) is 0 Å². The van der Waals surface area contributed by atoms with Crippen LogP contribution in [0.1, 0.15) is 71.1 Å². The van der Waals surface area contributed by atoms with E-state index in [1.165, 1.54) is 64.2 Å². The molecule has 116 valence electrons. The van der Waals surface area contributed by atoms with Gasteiger partial charge in [-0.25, -0.2) is 0 Å². The highest BCUT2D eigenvalue weighted by molar-refractivity contribution is 5.18. The smallest absolute Gasteiger partial charge is 0.0661 e. The first-order chi connectivity index (χ1) is 9.86. The van der Waals surface area contributed by atoms with Gasteiger partial charge in [-0.05, 0) is 24.3 Å². The van der Waals surface area contributed by atoms with Gasteiger partial charge < -0.3 is 10.0 Å². The Balaban J connectivity index is 1.86. The molecule has 2 nitrogen and oxygen atoms in total. The Hall–Kier alpha value is -0.760. The minimum atomic E-state index is 0.193. The van der Waals surface area contributed by atoms with Gasteiger partial charge in [0.05, 0.1) is 6.61 Å². The molecular formula is C18H33NO. The Labute approximate surface area is 125 Å². The van der Waals surface area contributed by atoms with Crippen molar-refractivity contribution in [2.45, 2.75) is 71.1 Å². The van der Waals surface area contributed by atoms with Gasteiger partial charge in [-0.1, -0.05) is 70.8 Å². The van der Waals surface area contributed by atoms with Crippen LogP contribution in [0, 0.1) is 0 Å². The minimum absolute atomic E-state index is 0.193. The maximum absolute atomic E-state index is 9.13. The molecule has 0 fully saturated rings. The highest BCUT2D eigenvalue weighted by Gasteiger charge is 2.05. The second kappa shape index (κ2) is 12.0. The van der Waals surface area contributed by atoms with Crippen LogP contribution in [-0.2, 0) is 0 Å². The molecule has 0 unspecified atom stereocenters. The third kappa shape index (κ3) is 8.42. The Morgan fingerprint density at radius 1 is 0.950 bits per heavy atom. The quantitative estimate of drug-likeness (QED) is 0.525. The number of hydrogen-bond acceptors (Lipinski definition) is 2. The summed E-state index contributed by atoms with van der Waals surface area (Å²) in [7, 11) is 0. The van der Waals surface area contributed by atoms with Crippen molar-refractivity contribution in [3.8, 4) is 0 Å². The van der Waals surface area contributed by atoms with Gasteiger partial charge in [-0.15, -0.1) is 0 Å². The van der Waals surface area contributed by atoms with E-state index >= 15 is 0 Å². The van der Waals surface area contributed by atoms with E-state index in [1.807, 2.05) is 12.2 Å². The van der Waals surface area contributed by atoms with Gasteiger partial charge in [0, 0.05) is 13.1 Å². The van der Waals surface area contributed by atoms with Gasteiger partial charge in [-0.3, -0.25) is 0 Å². The Bertz CT molecular complexity index is 283. The van der Waals surface area contributed by atoms with Gasteiger partial charge >= 0.3 is 0 Å². The van der Waals surface area contributed by atoms with Gasteiger partial charge in [-0.2, -0.15) is 0 Å².